The summed E-state index contributed by atoms with van der Waals surface area (Å²) in [6.07, 6.45) is 6.38. The molecule has 5 heteroatoms. The molecule has 0 fully saturated rings. The number of aromatic carboxylic acids is 1. The molecule has 92 valence electrons. The molecule has 0 unspecified atom stereocenters. The van der Waals surface area contributed by atoms with Crippen LogP contribution in [0.15, 0.2) is 43.0 Å². The molecule has 0 radical (unpaired) electrons. The third kappa shape index (κ3) is 2.63. The van der Waals surface area contributed by atoms with Crippen LogP contribution >= 0.6 is 0 Å². The quantitative estimate of drug-likeness (QED) is 0.887. The molecule has 2 aromatic rings. The summed E-state index contributed by atoms with van der Waals surface area (Å²) in [4.78, 5) is 20.8. The molecular formula is C13H13N3O2. The zero-order valence-corrected chi connectivity index (χ0v) is 9.95. The molecule has 1 N–H and O–H groups in total. The van der Waals surface area contributed by atoms with E-state index >= 15 is 0 Å². The van der Waals surface area contributed by atoms with Gasteiger partial charge in [0.15, 0.2) is 0 Å². The Labute approximate surface area is 105 Å². The average Bonchev–Trinajstić information content (AvgIpc) is 2.40. The van der Waals surface area contributed by atoms with Crippen LogP contribution in [0.4, 0.5) is 5.69 Å². The van der Waals surface area contributed by atoms with Crippen LogP contribution in [0.25, 0.3) is 0 Å². The lowest BCUT2D eigenvalue weighted by Gasteiger charge is -2.20. The molecule has 0 aliphatic heterocycles. The zero-order chi connectivity index (χ0) is 13.0. The van der Waals surface area contributed by atoms with Crippen LogP contribution in [-0.4, -0.2) is 28.1 Å². The Balaban J connectivity index is 2.24. The fourth-order valence-electron chi connectivity index (χ4n) is 1.73. The van der Waals surface area contributed by atoms with Crippen LogP contribution in [0.1, 0.15) is 15.9 Å². The van der Waals surface area contributed by atoms with Crippen LogP contribution in [0.3, 0.4) is 0 Å². The van der Waals surface area contributed by atoms with Crippen LogP contribution in [0, 0.1) is 0 Å². The predicted octanol–water partition coefficient (Wildman–Crippen LogP) is 1.81. The monoisotopic (exact) mass is 243 g/mol. The van der Waals surface area contributed by atoms with Gasteiger partial charge in [0, 0.05) is 38.4 Å². The first kappa shape index (κ1) is 12.0. The summed E-state index contributed by atoms with van der Waals surface area (Å²) in [7, 11) is 1.85. The number of carboxylic acids is 1. The minimum atomic E-state index is -0.973. The number of nitrogens with zero attached hydrogens (tertiary/aromatic N) is 3. The molecule has 2 rings (SSSR count). The number of rotatable bonds is 4. The number of pyridine rings is 2. The maximum atomic E-state index is 11.1. The van der Waals surface area contributed by atoms with Crippen molar-refractivity contribution < 1.29 is 9.90 Å². The molecule has 2 aromatic heterocycles. The first-order valence-corrected chi connectivity index (χ1v) is 5.46. The highest BCUT2D eigenvalue weighted by Crippen LogP contribution is 2.19. The Morgan fingerprint density at radius 2 is 1.89 bits per heavy atom. The molecule has 2 heterocycles. The van der Waals surface area contributed by atoms with E-state index in [0.29, 0.717) is 12.2 Å². The lowest BCUT2D eigenvalue weighted by atomic mass is 10.2. The van der Waals surface area contributed by atoms with Crippen molar-refractivity contribution in [3.8, 4) is 0 Å². The summed E-state index contributed by atoms with van der Waals surface area (Å²) in [5.41, 5.74) is 1.92. The molecule has 0 aromatic carbocycles. The number of hydrogen-bond donors (Lipinski definition) is 1. The Morgan fingerprint density at radius 3 is 2.56 bits per heavy atom. The molecule has 0 atom stereocenters. The number of anilines is 1. The number of carbonyl (C=O) groups is 1. The van der Waals surface area contributed by atoms with Crippen molar-refractivity contribution in [1.29, 1.82) is 0 Å². The largest absolute Gasteiger partial charge is 0.478 e. The van der Waals surface area contributed by atoms with Gasteiger partial charge in [-0.3, -0.25) is 9.97 Å². The minimum absolute atomic E-state index is 0.203. The van der Waals surface area contributed by atoms with Crippen molar-refractivity contribution in [1.82, 2.24) is 9.97 Å². The highest BCUT2D eigenvalue weighted by Gasteiger charge is 2.13. The first-order valence-electron chi connectivity index (χ1n) is 5.46. The topological polar surface area (TPSA) is 66.3 Å². The lowest BCUT2D eigenvalue weighted by Crippen LogP contribution is -2.19. The van der Waals surface area contributed by atoms with Gasteiger partial charge in [-0.05, 0) is 23.8 Å². The van der Waals surface area contributed by atoms with Crippen LogP contribution < -0.4 is 4.90 Å². The number of aromatic nitrogens is 2. The highest BCUT2D eigenvalue weighted by atomic mass is 16.4. The second-order valence-electron chi connectivity index (χ2n) is 3.91. The molecule has 0 saturated heterocycles. The SMILES string of the molecule is CN(Cc1ccncc1)c1ccncc1C(=O)O. The van der Waals surface area contributed by atoms with Crippen molar-refractivity contribution >= 4 is 11.7 Å². The number of carboxylic acid groups (broad SMARTS) is 1. The van der Waals surface area contributed by atoms with Gasteiger partial charge in [0.25, 0.3) is 0 Å². The standard InChI is InChI=1S/C13H13N3O2/c1-16(9-10-2-5-14-6-3-10)12-4-7-15-8-11(12)13(17)18/h2-8H,9H2,1H3,(H,17,18). The minimum Gasteiger partial charge on any atom is -0.478 e. The van der Waals surface area contributed by atoms with E-state index in [2.05, 4.69) is 9.97 Å². The van der Waals surface area contributed by atoms with E-state index in [1.54, 1.807) is 24.7 Å². The van der Waals surface area contributed by atoms with Crippen molar-refractivity contribution in [2.24, 2.45) is 0 Å². The van der Waals surface area contributed by atoms with Gasteiger partial charge >= 0.3 is 5.97 Å². The van der Waals surface area contributed by atoms with Gasteiger partial charge in [-0.1, -0.05) is 0 Å². The molecule has 0 amide bonds. The highest BCUT2D eigenvalue weighted by molar-refractivity contribution is 5.93. The predicted molar refractivity (Wildman–Crippen MR) is 67.5 cm³/mol. The van der Waals surface area contributed by atoms with E-state index in [4.69, 9.17) is 5.11 Å². The summed E-state index contributed by atoms with van der Waals surface area (Å²) in [6, 6.07) is 5.50. The molecule has 0 bridgehead atoms. The second-order valence-corrected chi connectivity index (χ2v) is 3.91. The van der Waals surface area contributed by atoms with E-state index < -0.39 is 5.97 Å². The van der Waals surface area contributed by atoms with Gasteiger partial charge in [-0.25, -0.2) is 4.79 Å². The fourth-order valence-corrected chi connectivity index (χ4v) is 1.73. The van der Waals surface area contributed by atoms with E-state index in [9.17, 15) is 4.79 Å². The van der Waals surface area contributed by atoms with Crippen LogP contribution in [0.5, 0.6) is 0 Å². The third-order valence-corrected chi connectivity index (χ3v) is 2.61. The third-order valence-electron chi connectivity index (χ3n) is 2.61. The van der Waals surface area contributed by atoms with Gasteiger partial charge in [0.05, 0.1) is 5.69 Å². The summed E-state index contributed by atoms with van der Waals surface area (Å²) in [6.45, 7) is 0.618. The Hall–Kier alpha value is -2.43. The van der Waals surface area contributed by atoms with Gasteiger partial charge in [-0.2, -0.15) is 0 Å². The van der Waals surface area contributed by atoms with E-state index in [0.717, 1.165) is 5.56 Å². The maximum Gasteiger partial charge on any atom is 0.339 e. The molecule has 0 aliphatic carbocycles. The van der Waals surface area contributed by atoms with Crippen molar-refractivity contribution in [2.45, 2.75) is 6.54 Å². The normalized spacial score (nSPS) is 10.1. The summed E-state index contributed by atoms with van der Waals surface area (Å²) in [5, 5.41) is 9.10. The van der Waals surface area contributed by atoms with Gasteiger partial charge in [0.1, 0.15) is 5.56 Å². The Kier molecular flexibility index (Phi) is 3.52. The van der Waals surface area contributed by atoms with E-state index in [1.165, 1.54) is 6.20 Å². The smallest absolute Gasteiger partial charge is 0.339 e. The molecule has 0 aliphatic rings. The maximum absolute atomic E-state index is 11.1. The van der Waals surface area contributed by atoms with Crippen molar-refractivity contribution in [3.05, 3.63) is 54.1 Å². The van der Waals surface area contributed by atoms with Crippen LogP contribution in [-0.2, 0) is 6.54 Å². The fraction of sp³-hybridized carbons (Fsp3) is 0.154. The second kappa shape index (κ2) is 5.27. The summed E-state index contributed by atoms with van der Waals surface area (Å²) in [5.74, 6) is -0.973. The molecule has 18 heavy (non-hydrogen) atoms. The van der Waals surface area contributed by atoms with Gasteiger partial charge in [-0.15, -0.1) is 0 Å². The van der Waals surface area contributed by atoms with E-state index in [1.807, 2.05) is 24.1 Å². The van der Waals surface area contributed by atoms with Crippen LogP contribution in [0.2, 0.25) is 0 Å². The summed E-state index contributed by atoms with van der Waals surface area (Å²) >= 11 is 0. The van der Waals surface area contributed by atoms with Gasteiger partial charge in [0.2, 0.25) is 0 Å². The zero-order valence-electron chi connectivity index (χ0n) is 9.95. The average molecular weight is 243 g/mol. The Bertz CT molecular complexity index is 543. The summed E-state index contributed by atoms with van der Waals surface area (Å²) < 4.78 is 0. The molecule has 5 nitrogen and oxygen atoms in total. The molecule has 0 saturated carbocycles. The first-order chi connectivity index (χ1) is 8.68. The van der Waals surface area contributed by atoms with Gasteiger partial charge < -0.3 is 10.0 Å². The lowest BCUT2D eigenvalue weighted by molar-refractivity contribution is 0.0697. The number of hydrogen-bond acceptors (Lipinski definition) is 4. The van der Waals surface area contributed by atoms with Crippen molar-refractivity contribution in [3.63, 3.8) is 0 Å². The van der Waals surface area contributed by atoms with E-state index in [-0.39, 0.29) is 5.56 Å². The van der Waals surface area contributed by atoms with Crippen molar-refractivity contribution in [2.75, 3.05) is 11.9 Å². The molecular weight excluding hydrogens is 230 g/mol. The Morgan fingerprint density at radius 1 is 1.22 bits per heavy atom. The molecule has 0 spiro atoms.